The summed E-state index contributed by atoms with van der Waals surface area (Å²) >= 11 is 0. The van der Waals surface area contributed by atoms with Crippen LogP contribution >= 0.6 is 0 Å². The molecule has 1 aliphatic rings. The number of aliphatic hydroxyl groups is 1. The van der Waals surface area contributed by atoms with E-state index in [1.54, 1.807) is 11.8 Å². The quantitative estimate of drug-likeness (QED) is 0.568. The molecule has 6 nitrogen and oxygen atoms in total. The lowest BCUT2D eigenvalue weighted by atomic mass is 10.0. The smallest absolute Gasteiger partial charge is 0.393 e. The summed E-state index contributed by atoms with van der Waals surface area (Å²) in [6.45, 7) is 2.66. The normalized spacial score (nSPS) is 21.1. The van der Waals surface area contributed by atoms with E-state index < -0.39 is 18.1 Å². The maximum atomic E-state index is 12.7. The first-order valence-electron chi connectivity index (χ1n) is 6.17. The molecular weight excluding hydrogens is 275 g/mol. The van der Waals surface area contributed by atoms with Crippen molar-refractivity contribution >= 4 is 11.6 Å². The van der Waals surface area contributed by atoms with Gasteiger partial charge in [0.25, 0.3) is 0 Å². The van der Waals surface area contributed by atoms with Gasteiger partial charge in [-0.15, -0.1) is 0 Å². The van der Waals surface area contributed by atoms with Gasteiger partial charge < -0.3 is 15.4 Å². The van der Waals surface area contributed by atoms with E-state index in [0.717, 1.165) is 0 Å². The Morgan fingerprint density at radius 1 is 1.50 bits per heavy atom. The van der Waals surface area contributed by atoms with E-state index in [2.05, 4.69) is 15.4 Å². The fourth-order valence-electron chi connectivity index (χ4n) is 2.19. The molecule has 0 radical (unpaired) electrons. The SMILES string of the molecule is CC(O)C1CCN(c2cc(NN)nc(C(F)(F)F)n2)C1. The molecule has 1 aromatic rings. The topological polar surface area (TPSA) is 87.3 Å². The molecule has 1 aromatic heterocycles. The summed E-state index contributed by atoms with van der Waals surface area (Å²) in [5, 5.41) is 9.53. The van der Waals surface area contributed by atoms with Crippen molar-refractivity contribution in [2.24, 2.45) is 11.8 Å². The van der Waals surface area contributed by atoms with E-state index in [1.165, 1.54) is 6.07 Å². The van der Waals surface area contributed by atoms with Crippen LogP contribution in [0, 0.1) is 5.92 Å². The lowest BCUT2D eigenvalue weighted by Crippen LogP contribution is -2.26. The van der Waals surface area contributed by atoms with Gasteiger partial charge in [0.05, 0.1) is 6.10 Å². The Hall–Kier alpha value is -1.61. The van der Waals surface area contributed by atoms with Gasteiger partial charge in [-0.25, -0.2) is 15.8 Å². The van der Waals surface area contributed by atoms with Gasteiger partial charge >= 0.3 is 6.18 Å². The number of hydrogen-bond donors (Lipinski definition) is 3. The first-order chi connectivity index (χ1) is 9.31. The standard InChI is InChI=1S/C11H16F3N5O/c1-6(20)7-2-3-19(5-7)9-4-8(18-15)16-10(17-9)11(12,13)14/h4,6-7,20H,2-3,5,15H2,1H3,(H,16,17,18). The van der Waals surface area contributed by atoms with E-state index in [0.29, 0.717) is 19.5 Å². The Morgan fingerprint density at radius 2 is 2.20 bits per heavy atom. The number of alkyl halides is 3. The highest BCUT2D eigenvalue weighted by Crippen LogP contribution is 2.31. The van der Waals surface area contributed by atoms with Gasteiger partial charge in [-0.2, -0.15) is 13.2 Å². The Morgan fingerprint density at radius 3 is 2.70 bits per heavy atom. The lowest BCUT2D eigenvalue weighted by molar-refractivity contribution is -0.144. The largest absolute Gasteiger partial charge is 0.451 e. The minimum atomic E-state index is -4.63. The second-order valence-corrected chi connectivity index (χ2v) is 4.81. The van der Waals surface area contributed by atoms with Gasteiger partial charge in [0, 0.05) is 25.1 Å². The van der Waals surface area contributed by atoms with Gasteiger partial charge in [0.1, 0.15) is 11.6 Å². The molecule has 0 amide bonds. The Labute approximate surface area is 113 Å². The van der Waals surface area contributed by atoms with Crippen LogP contribution in [-0.4, -0.2) is 34.3 Å². The highest BCUT2D eigenvalue weighted by atomic mass is 19.4. The van der Waals surface area contributed by atoms with Gasteiger partial charge in [-0.1, -0.05) is 0 Å². The Balaban J connectivity index is 2.28. The Kier molecular flexibility index (Phi) is 4.00. The van der Waals surface area contributed by atoms with Gasteiger partial charge in [0.15, 0.2) is 0 Å². The molecule has 112 valence electrons. The van der Waals surface area contributed by atoms with Crippen molar-refractivity contribution < 1.29 is 18.3 Å². The van der Waals surface area contributed by atoms with Crippen molar-refractivity contribution in [1.82, 2.24) is 9.97 Å². The predicted octanol–water partition coefficient (Wildman–Crippen LogP) is 0.988. The maximum Gasteiger partial charge on any atom is 0.451 e. The third kappa shape index (κ3) is 3.10. The number of hydrogen-bond acceptors (Lipinski definition) is 6. The molecule has 0 saturated carbocycles. The van der Waals surface area contributed by atoms with E-state index in [4.69, 9.17) is 5.84 Å². The van der Waals surface area contributed by atoms with Crippen LogP contribution < -0.4 is 16.2 Å². The second-order valence-electron chi connectivity index (χ2n) is 4.81. The van der Waals surface area contributed by atoms with E-state index in [1.807, 2.05) is 0 Å². The maximum absolute atomic E-state index is 12.7. The van der Waals surface area contributed by atoms with Crippen LogP contribution in [0.1, 0.15) is 19.2 Å². The Bertz CT molecular complexity index is 480. The van der Waals surface area contributed by atoms with Crippen molar-refractivity contribution in [1.29, 1.82) is 0 Å². The zero-order valence-corrected chi connectivity index (χ0v) is 10.9. The number of aliphatic hydroxyl groups excluding tert-OH is 1. The molecule has 2 unspecified atom stereocenters. The number of nitrogen functional groups attached to an aromatic ring is 1. The number of nitrogens with one attached hydrogen (secondary N) is 1. The number of halogens is 3. The van der Waals surface area contributed by atoms with Crippen LogP contribution in [0.25, 0.3) is 0 Å². The summed E-state index contributed by atoms with van der Waals surface area (Å²) in [6.07, 6.45) is -4.43. The minimum Gasteiger partial charge on any atom is -0.393 e. The molecule has 2 atom stereocenters. The zero-order chi connectivity index (χ0) is 14.9. The van der Waals surface area contributed by atoms with Crippen LogP contribution in [0.15, 0.2) is 6.07 Å². The highest BCUT2D eigenvalue weighted by molar-refractivity contribution is 5.49. The lowest BCUT2D eigenvalue weighted by Gasteiger charge is -2.20. The van der Waals surface area contributed by atoms with Crippen molar-refractivity contribution in [3.63, 3.8) is 0 Å². The van der Waals surface area contributed by atoms with Crippen LogP contribution in [0.4, 0.5) is 24.8 Å². The summed E-state index contributed by atoms with van der Waals surface area (Å²) in [6, 6.07) is 1.36. The summed E-state index contributed by atoms with van der Waals surface area (Å²) in [5.41, 5.74) is 2.11. The number of nitrogens with zero attached hydrogens (tertiary/aromatic N) is 3. The fourth-order valence-corrected chi connectivity index (χ4v) is 2.19. The number of nitrogens with two attached hydrogens (primary N) is 1. The van der Waals surface area contributed by atoms with Crippen LogP contribution in [0.3, 0.4) is 0 Å². The molecule has 0 aromatic carbocycles. The zero-order valence-electron chi connectivity index (χ0n) is 10.9. The minimum absolute atomic E-state index is 0.0218. The predicted molar refractivity (Wildman–Crippen MR) is 66.8 cm³/mol. The van der Waals surface area contributed by atoms with Gasteiger partial charge in [-0.05, 0) is 13.3 Å². The third-order valence-electron chi connectivity index (χ3n) is 3.34. The molecule has 1 aliphatic heterocycles. The molecule has 1 fully saturated rings. The van der Waals surface area contributed by atoms with Crippen molar-refractivity contribution in [2.75, 3.05) is 23.4 Å². The first-order valence-corrected chi connectivity index (χ1v) is 6.17. The van der Waals surface area contributed by atoms with Crippen LogP contribution in [0.2, 0.25) is 0 Å². The van der Waals surface area contributed by atoms with Gasteiger partial charge in [0.2, 0.25) is 5.82 Å². The molecule has 2 heterocycles. The fraction of sp³-hybridized carbons (Fsp3) is 0.636. The number of hydrazine groups is 1. The summed E-state index contributed by atoms with van der Waals surface area (Å²) in [5.74, 6) is 3.99. The van der Waals surface area contributed by atoms with Crippen molar-refractivity contribution in [3.8, 4) is 0 Å². The molecule has 4 N–H and O–H groups in total. The molecule has 0 bridgehead atoms. The number of anilines is 2. The molecule has 0 aliphatic carbocycles. The average molecular weight is 291 g/mol. The monoisotopic (exact) mass is 291 g/mol. The molecule has 20 heavy (non-hydrogen) atoms. The number of aromatic nitrogens is 2. The van der Waals surface area contributed by atoms with E-state index >= 15 is 0 Å². The summed E-state index contributed by atoms with van der Waals surface area (Å²) < 4.78 is 38.2. The molecule has 0 spiro atoms. The molecular formula is C11H16F3N5O. The van der Waals surface area contributed by atoms with Crippen molar-refractivity contribution in [2.45, 2.75) is 25.6 Å². The van der Waals surface area contributed by atoms with E-state index in [-0.39, 0.29) is 17.6 Å². The van der Waals surface area contributed by atoms with Crippen LogP contribution in [-0.2, 0) is 6.18 Å². The summed E-state index contributed by atoms with van der Waals surface area (Å²) in [4.78, 5) is 8.53. The average Bonchev–Trinajstić information content (AvgIpc) is 2.87. The van der Waals surface area contributed by atoms with Gasteiger partial charge in [-0.3, -0.25) is 0 Å². The second kappa shape index (κ2) is 5.41. The molecule has 1 saturated heterocycles. The molecule has 2 rings (SSSR count). The molecule has 9 heteroatoms. The summed E-state index contributed by atoms with van der Waals surface area (Å²) in [7, 11) is 0. The van der Waals surface area contributed by atoms with E-state index in [9.17, 15) is 18.3 Å². The first kappa shape index (κ1) is 14.8. The van der Waals surface area contributed by atoms with Crippen LogP contribution in [0.5, 0.6) is 0 Å². The van der Waals surface area contributed by atoms with Crippen molar-refractivity contribution in [3.05, 3.63) is 11.9 Å². The third-order valence-corrected chi connectivity index (χ3v) is 3.34. The number of rotatable bonds is 3. The highest BCUT2D eigenvalue weighted by Gasteiger charge is 2.36.